The summed E-state index contributed by atoms with van der Waals surface area (Å²) in [5, 5.41) is 15.8. The molecule has 5 rings (SSSR count). The minimum absolute atomic E-state index is 0.0798. The highest BCUT2D eigenvalue weighted by Crippen LogP contribution is 2.33. The van der Waals surface area contributed by atoms with Gasteiger partial charge in [0.1, 0.15) is 5.01 Å². The maximum absolute atomic E-state index is 13.0. The summed E-state index contributed by atoms with van der Waals surface area (Å²) in [5.74, 6) is 0. The molecular weight excluding hydrogens is 597 g/mol. The maximum atomic E-state index is 13.0. The van der Waals surface area contributed by atoms with Gasteiger partial charge in [0.15, 0.2) is 0 Å². The van der Waals surface area contributed by atoms with Crippen molar-refractivity contribution in [1.29, 1.82) is 0 Å². The van der Waals surface area contributed by atoms with Crippen LogP contribution in [-0.2, 0) is 22.6 Å². The molecule has 3 aromatic carbocycles. The number of aromatic nitrogens is 2. The van der Waals surface area contributed by atoms with Crippen molar-refractivity contribution in [1.82, 2.24) is 15.3 Å². The van der Waals surface area contributed by atoms with Crippen LogP contribution >= 0.6 is 11.3 Å². The van der Waals surface area contributed by atoms with E-state index in [2.05, 4.69) is 20.0 Å². The maximum Gasteiger partial charge on any atom is 0.416 e. The van der Waals surface area contributed by atoms with Crippen LogP contribution in [0.5, 0.6) is 0 Å². The molecule has 0 bridgehead atoms. The van der Waals surface area contributed by atoms with Crippen molar-refractivity contribution < 1.29 is 26.7 Å². The van der Waals surface area contributed by atoms with E-state index in [0.29, 0.717) is 47.0 Å². The van der Waals surface area contributed by atoms with Gasteiger partial charge in [-0.3, -0.25) is 9.71 Å². The molecule has 0 aliphatic heterocycles. The number of thiazole rings is 1. The topological polar surface area (TPSA) is 104 Å². The molecule has 2 aromatic heterocycles. The van der Waals surface area contributed by atoms with Crippen LogP contribution in [-0.4, -0.2) is 36.6 Å². The van der Waals surface area contributed by atoms with Gasteiger partial charge in [-0.1, -0.05) is 42.5 Å². The third kappa shape index (κ3) is 7.85. The number of anilines is 1. The predicted octanol–water partition coefficient (Wildman–Crippen LogP) is 6.56. The van der Waals surface area contributed by atoms with Crippen LogP contribution in [0, 0.1) is 0 Å². The number of alkyl halides is 3. The number of aliphatic hydroxyl groups excluding tert-OH is 1. The summed E-state index contributed by atoms with van der Waals surface area (Å²) >= 11 is 1.31. The predicted molar refractivity (Wildman–Crippen MR) is 161 cm³/mol. The monoisotopic (exact) mass is 624 g/mol. The number of hydrogen-bond donors (Lipinski definition) is 3. The number of halogens is 3. The highest BCUT2D eigenvalue weighted by atomic mass is 32.2. The van der Waals surface area contributed by atoms with Gasteiger partial charge in [-0.05, 0) is 61.0 Å². The molecule has 5 aromatic rings. The van der Waals surface area contributed by atoms with Crippen molar-refractivity contribution in [3.05, 3.63) is 119 Å². The second-order valence-electron chi connectivity index (χ2n) is 9.70. The van der Waals surface area contributed by atoms with Crippen molar-refractivity contribution in [2.24, 2.45) is 0 Å². The fourth-order valence-electron chi connectivity index (χ4n) is 4.26. The smallest absolute Gasteiger partial charge is 0.387 e. The van der Waals surface area contributed by atoms with Crippen LogP contribution in [0.3, 0.4) is 0 Å². The number of benzene rings is 3. The molecule has 2 heterocycles. The minimum Gasteiger partial charge on any atom is -0.387 e. The first-order valence-electron chi connectivity index (χ1n) is 13.2. The van der Waals surface area contributed by atoms with Crippen LogP contribution in [0.25, 0.3) is 21.8 Å². The molecule has 3 N–H and O–H groups in total. The Morgan fingerprint density at radius 3 is 2.26 bits per heavy atom. The molecule has 0 radical (unpaired) electrons. The molecule has 7 nitrogen and oxygen atoms in total. The van der Waals surface area contributed by atoms with Crippen LogP contribution < -0.4 is 10.0 Å². The van der Waals surface area contributed by atoms with Gasteiger partial charge in [0.2, 0.25) is 0 Å². The highest BCUT2D eigenvalue weighted by molar-refractivity contribution is 7.92. The second kappa shape index (κ2) is 13.0. The van der Waals surface area contributed by atoms with E-state index in [9.17, 15) is 26.7 Å². The molecule has 1 unspecified atom stereocenters. The van der Waals surface area contributed by atoms with Gasteiger partial charge in [0.05, 0.1) is 22.3 Å². The molecule has 1 atom stereocenters. The third-order valence-electron chi connectivity index (χ3n) is 6.63. The summed E-state index contributed by atoms with van der Waals surface area (Å²) in [7, 11) is -3.84. The van der Waals surface area contributed by atoms with Gasteiger partial charge >= 0.3 is 6.18 Å². The van der Waals surface area contributed by atoms with Gasteiger partial charge in [-0.15, -0.1) is 11.3 Å². The molecule has 43 heavy (non-hydrogen) atoms. The zero-order valence-electron chi connectivity index (χ0n) is 22.6. The molecule has 12 heteroatoms. The van der Waals surface area contributed by atoms with E-state index < -0.39 is 27.9 Å². The number of rotatable bonds is 11. The fraction of sp³-hybridized carbons (Fsp3) is 0.161. The first-order valence-corrected chi connectivity index (χ1v) is 15.6. The van der Waals surface area contributed by atoms with Crippen LogP contribution in [0.2, 0.25) is 0 Å². The normalized spacial score (nSPS) is 12.7. The summed E-state index contributed by atoms with van der Waals surface area (Å²) in [6.07, 6.45) is -1.07. The van der Waals surface area contributed by atoms with Gasteiger partial charge < -0.3 is 10.4 Å². The minimum atomic E-state index is -4.41. The van der Waals surface area contributed by atoms with Crippen molar-refractivity contribution in [3.63, 3.8) is 0 Å². The largest absolute Gasteiger partial charge is 0.416 e. The zero-order valence-corrected chi connectivity index (χ0v) is 24.3. The number of nitrogens with one attached hydrogen (secondary N) is 2. The quantitative estimate of drug-likeness (QED) is 0.144. The third-order valence-corrected chi connectivity index (χ3v) is 8.92. The van der Waals surface area contributed by atoms with Crippen LogP contribution in [0.4, 0.5) is 18.9 Å². The number of aliphatic hydroxyl groups is 1. The Labute approximate surface area is 251 Å². The van der Waals surface area contributed by atoms with E-state index in [4.69, 9.17) is 0 Å². The Hall–Kier alpha value is -4.10. The Morgan fingerprint density at radius 2 is 1.60 bits per heavy atom. The summed E-state index contributed by atoms with van der Waals surface area (Å²) in [6, 6.07) is 21.7. The summed E-state index contributed by atoms with van der Waals surface area (Å²) in [5.41, 5.74) is 3.23. The Balaban J connectivity index is 1.15. The van der Waals surface area contributed by atoms with Gasteiger partial charge in [-0.2, -0.15) is 13.2 Å². The lowest BCUT2D eigenvalue weighted by atomic mass is 10.1. The highest BCUT2D eigenvalue weighted by Gasteiger charge is 2.30. The van der Waals surface area contributed by atoms with Gasteiger partial charge in [0, 0.05) is 46.7 Å². The molecular formula is C31H27F3N4O3S2. The van der Waals surface area contributed by atoms with E-state index in [1.54, 1.807) is 48.1 Å². The number of sulfonamides is 1. The van der Waals surface area contributed by atoms with Crippen molar-refractivity contribution in [2.75, 3.05) is 17.8 Å². The number of pyridine rings is 1. The zero-order chi connectivity index (χ0) is 30.5. The van der Waals surface area contributed by atoms with Crippen molar-refractivity contribution in [3.8, 4) is 21.8 Å². The van der Waals surface area contributed by atoms with Crippen molar-refractivity contribution in [2.45, 2.75) is 23.6 Å². The average molecular weight is 625 g/mol. The van der Waals surface area contributed by atoms with Gasteiger partial charge in [-0.25, -0.2) is 13.4 Å². The van der Waals surface area contributed by atoms with Gasteiger partial charge in [0.25, 0.3) is 10.0 Å². The second-order valence-corrected chi connectivity index (χ2v) is 12.2. The number of nitrogens with zero attached hydrogens (tertiary/aromatic N) is 2. The lowest BCUT2D eigenvalue weighted by Gasteiger charge is -2.12. The van der Waals surface area contributed by atoms with E-state index in [0.717, 1.165) is 23.3 Å². The Kier molecular flexibility index (Phi) is 9.21. The van der Waals surface area contributed by atoms with E-state index in [1.165, 1.54) is 35.6 Å². The van der Waals surface area contributed by atoms with E-state index in [1.807, 2.05) is 18.2 Å². The molecule has 0 spiro atoms. The van der Waals surface area contributed by atoms with E-state index in [-0.39, 0.29) is 4.90 Å². The molecule has 222 valence electrons. The van der Waals surface area contributed by atoms with Crippen molar-refractivity contribution >= 4 is 27.0 Å². The van der Waals surface area contributed by atoms with E-state index >= 15 is 0 Å². The first kappa shape index (κ1) is 30.4. The molecule has 0 aliphatic rings. The fourth-order valence-corrected chi connectivity index (χ4v) is 6.16. The lowest BCUT2D eigenvalue weighted by Crippen LogP contribution is -2.23. The van der Waals surface area contributed by atoms with Crippen LogP contribution in [0.15, 0.2) is 108 Å². The molecule has 0 fully saturated rings. The summed E-state index contributed by atoms with van der Waals surface area (Å²) in [4.78, 5) is 8.60. The average Bonchev–Trinajstić information content (AvgIpc) is 3.51. The van der Waals surface area contributed by atoms with Crippen LogP contribution in [0.1, 0.15) is 22.8 Å². The molecule has 0 saturated carbocycles. The number of hydrogen-bond acceptors (Lipinski definition) is 7. The lowest BCUT2D eigenvalue weighted by molar-refractivity contribution is -0.137. The molecule has 0 amide bonds. The molecule has 0 saturated heterocycles. The SMILES string of the molecule is O=S(=O)(Nc1ccc(CCNCC(O)c2cccnc2)cc1)c1ccc(-c2nc(-c3ccc(C(F)(F)F)cc3)cs2)cc1. The standard InChI is InChI=1S/C31H27F3N4O3S2/c32-31(33,34)25-9-5-22(6-10-25)28-20-42-30(37-28)23-7-13-27(14-8-23)43(40,41)38-26-11-3-21(4-12-26)15-17-36-19-29(39)24-2-1-16-35-18-24/h1-14,16,18,20,29,36,38-39H,15,17,19H2. The summed E-state index contributed by atoms with van der Waals surface area (Å²) in [6.45, 7) is 1.03. The molecule has 0 aliphatic carbocycles. The Morgan fingerprint density at radius 1 is 0.907 bits per heavy atom. The summed E-state index contributed by atoms with van der Waals surface area (Å²) < 4.78 is 67.1. The Bertz CT molecular complexity index is 1740. The first-order chi connectivity index (χ1) is 20.6.